The van der Waals surface area contributed by atoms with Gasteiger partial charge in [-0.25, -0.2) is 8.42 Å². The zero-order valence-electron chi connectivity index (χ0n) is 17.9. The normalized spacial score (nSPS) is 19.3. The summed E-state index contributed by atoms with van der Waals surface area (Å²) in [4.78, 5) is 18.2. The van der Waals surface area contributed by atoms with Crippen LogP contribution in [0, 0.1) is 0 Å². The van der Waals surface area contributed by atoms with Gasteiger partial charge in [-0.2, -0.15) is 9.30 Å². The highest BCUT2D eigenvalue weighted by atomic mass is 35.5. The predicted molar refractivity (Wildman–Crippen MR) is 125 cm³/mol. The van der Waals surface area contributed by atoms with Crippen molar-refractivity contribution in [2.24, 2.45) is 4.99 Å². The van der Waals surface area contributed by atoms with Crippen LogP contribution in [0.15, 0.2) is 46.3 Å². The minimum Gasteiger partial charge on any atom is -0.486 e. The van der Waals surface area contributed by atoms with Crippen molar-refractivity contribution in [3.8, 4) is 11.5 Å². The lowest BCUT2D eigenvalue weighted by Crippen LogP contribution is -2.40. The monoisotopic (exact) mass is 507 g/mol. The fraction of sp³-hybridized carbons (Fsp3) is 0.364. The van der Waals surface area contributed by atoms with Gasteiger partial charge in [0.2, 0.25) is 10.0 Å². The van der Waals surface area contributed by atoms with Gasteiger partial charge in [0.25, 0.3) is 5.91 Å². The molecule has 3 heterocycles. The Balaban J connectivity index is 1.51. The number of hydrogen-bond acceptors (Lipinski definition) is 6. The van der Waals surface area contributed by atoms with Crippen molar-refractivity contribution in [1.29, 1.82) is 0 Å². The van der Waals surface area contributed by atoms with Crippen molar-refractivity contribution in [3.63, 3.8) is 0 Å². The van der Waals surface area contributed by atoms with E-state index in [1.807, 2.05) is 23.6 Å². The Kier molecular flexibility index (Phi) is 5.94. The second-order valence-corrected chi connectivity index (χ2v) is 11.1. The predicted octanol–water partition coefficient (Wildman–Crippen LogP) is 3.43. The Morgan fingerprint density at radius 1 is 1.18 bits per heavy atom. The summed E-state index contributed by atoms with van der Waals surface area (Å²) in [5.41, 5.74) is 0.898. The number of fused-ring (bicyclic) bond motifs is 2. The number of amides is 1. The van der Waals surface area contributed by atoms with Gasteiger partial charge >= 0.3 is 0 Å². The molecule has 1 saturated heterocycles. The maximum absolute atomic E-state index is 13.2. The van der Waals surface area contributed by atoms with E-state index in [2.05, 4.69) is 4.99 Å². The molecule has 8 nitrogen and oxygen atoms in total. The van der Waals surface area contributed by atoms with Crippen molar-refractivity contribution in [1.82, 2.24) is 8.87 Å². The van der Waals surface area contributed by atoms with Gasteiger partial charge in [-0.15, -0.1) is 0 Å². The summed E-state index contributed by atoms with van der Waals surface area (Å²) in [6.45, 7) is 3.83. The van der Waals surface area contributed by atoms with E-state index in [1.54, 1.807) is 0 Å². The second kappa shape index (κ2) is 8.75. The van der Waals surface area contributed by atoms with Crippen molar-refractivity contribution < 1.29 is 22.7 Å². The molecule has 0 saturated carbocycles. The molecule has 0 N–H and O–H groups in total. The number of aryl methyl sites for hydroxylation is 1. The van der Waals surface area contributed by atoms with E-state index in [1.165, 1.54) is 39.9 Å². The largest absolute Gasteiger partial charge is 0.486 e. The second-order valence-electron chi connectivity index (χ2n) is 7.77. The standard InChI is InChI=1S/C22H22ClN3O5S2/c1-2-25-17-12-18-19(31-11-10-30-18)13-20(17)32-22(25)24-21(27)16-4-3-9-26(16)33(28,29)15-7-5-14(23)6-8-15/h5-8,12-13,16H,2-4,9-11H2,1H3. The number of carbonyl (C=O) groups excluding carboxylic acids is 1. The van der Waals surface area contributed by atoms with Crippen molar-refractivity contribution in [2.45, 2.75) is 37.2 Å². The Morgan fingerprint density at radius 2 is 1.88 bits per heavy atom. The van der Waals surface area contributed by atoms with Crippen LogP contribution in [-0.2, 0) is 21.4 Å². The average Bonchev–Trinajstić information content (AvgIpc) is 3.42. The summed E-state index contributed by atoms with van der Waals surface area (Å²) in [5.74, 6) is 0.880. The van der Waals surface area contributed by atoms with Crippen LogP contribution >= 0.6 is 22.9 Å². The zero-order valence-corrected chi connectivity index (χ0v) is 20.3. The van der Waals surface area contributed by atoms with Gasteiger partial charge in [0.1, 0.15) is 19.3 Å². The molecule has 0 radical (unpaired) electrons. The Bertz CT molecular complexity index is 1400. The van der Waals surface area contributed by atoms with Gasteiger partial charge in [-0.05, 0) is 44.0 Å². The van der Waals surface area contributed by atoms with Gasteiger partial charge < -0.3 is 14.0 Å². The average molecular weight is 508 g/mol. The number of rotatable bonds is 4. The van der Waals surface area contributed by atoms with Crippen LogP contribution in [0.25, 0.3) is 10.2 Å². The molecule has 1 atom stereocenters. The number of thiazole rings is 1. The molecule has 11 heteroatoms. The van der Waals surface area contributed by atoms with Gasteiger partial charge in [-0.3, -0.25) is 4.79 Å². The molecule has 5 rings (SSSR count). The zero-order chi connectivity index (χ0) is 23.2. The topological polar surface area (TPSA) is 90.2 Å². The molecule has 2 aromatic carbocycles. The molecule has 2 aliphatic rings. The minimum atomic E-state index is -3.84. The molecule has 1 fully saturated rings. The van der Waals surface area contributed by atoms with Gasteiger partial charge in [0, 0.05) is 30.2 Å². The van der Waals surface area contributed by atoms with Crippen LogP contribution in [-0.4, -0.2) is 49.0 Å². The first-order chi connectivity index (χ1) is 15.9. The highest BCUT2D eigenvalue weighted by Gasteiger charge is 2.39. The quantitative estimate of drug-likeness (QED) is 0.539. The van der Waals surface area contributed by atoms with Crippen LogP contribution in [0.1, 0.15) is 19.8 Å². The Morgan fingerprint density at radius 3 is 2.58 bits per heavy atom. The van der Waals surface area contributed by atoms with Crippen LogP contribution in [0.5, 0.6) is 11.5 Å². The number of benzene rings is 2. The summed E-state index contributed by atoms with van der Waals surface area (Å²) in [6.07, 6.45) is 1.03. The number of nitrogens with zero attached hydrogens (tertiary/aromatic N) is 3. The first kappa shape index (κ1) is 22.4. The summed E-state index contributed by atoms with van der Waals surface area (Å²) in [7, 11) is -3.84. The molecule has 33 heavy (non-hydrogen) atoms. The highest BCUT2D eigenvalue weighted by Crippen LogP contribution is 2.35. The van der Waals surface area contributed by atoms with E-state index in [-0.39, 0.29) is 11.4 Å². The number of hydrogen-bond donors (Lipinski definition) is 0. The molecule has 0 bridgehead atoms. The maximum atomic E-state index is 13.2. The van der Waals surface area contributed by atoms with Crippen LogP contribution in [0.3, 0.4) is 0 Å². The van der Waals surface area contributed by atoms with E-state index < -0.39 is 22.0 Å². The number of halogens is 1. The van der Waals surface area contributed by atoms with E-state index >= 15 is 0 Å². The molecule has 1 aromatic heterocycles. The van der Waals surface area contributed by atoms with Crippen molar-refractivity contribution in [2.75, 3.05) is 19.8 Å². The molecular weight excluding hydrogens is 486 g/mol. The van der Waals surface area contributed by atoms with E-state index in [0.29, 0.717) is 53.9 Å². The Labute approximate surface area is 200 Å². The van der Waals surface area contributed by atoms with Crippen molar-refractivity contribution >= 4 is 49.1 Å². The molecule has 174 valence electrons. The SMILES string of the molecule is CCn1c(=NC(=O)C2CCCN2S(=O)(=O)c2ccc(Cl)cc2)sc2cc3c(cc21)OCCO3. The van der Waals surface area contributed by atoms with E-state index in [9.17, 15) is 13.2 Å². The molecule has 3 aromatic rings. The van der Waals surface area contributed by atoms with Crippen LogP contribution < -0.4 is 14.3 Å². The molecule has 0 aliphatic carbocycles. The fourth-order valence-electron chi connectivity index (χ4n) is 4.18. The number of ether oxygens (including phenoxy) is 2. The summed E-state index contributed by atoms with van der Waals surface area (Å²) < 4.78 is 41.8. The van der Waals surface area contributed by atoms with Gasteiger partial charge in [-0.1, -0.05) is 22.9 Å². The molecule has 2 aliphatic heterocycles. The maximum Gasteiger partial charge on any atom is 0.266 e. The van der Waals surface area contributed by atoms with E-state index in [4.69, 9.17) is 21.1 Å². The van der Waals surface area contributed by atoms with Gasteiger partial charge in [0.05, 0.1) is 15.1 Å². The smallest absolute Gasteiger partial charge is 0.266 e. The van der Waals surface area contributed by atoms with Crippen LogP contribution in [0.2, 0.25) is 5.02 Å². The number of sulfonamides is 1. The first-order valence-electron chi connectivity index (χ1n) is 10.7. The summed E-state index contributed by atoms with van der Waals surface area (Å²) in [5, 5.41) is 0.448. The molecule has 1 unspecified atom stereocenters. The lowest BCUT2D eigenvalue weighted by Gasteiger charge is -2.21. The molecule has 0 spiro atoms. The molecule has 1 amide bonds. The third kappa shape index (κ3) is 4.05. The van der Waals surface area contributed by atoms with Gasteiger partial charge in [0.15, 0.2) is 16.3 Å². The number of carbonyl (C=O) groups is 1. The third-order valence-corrected chi connectivity index (χ3v) is 8.99. The number of aromatic nitrogens is 1. The highest BCUT2D eigenvalue weighted by molar-refractivity contribution is 7.89. The summed E-state index contributed by atoms with van der Waals surface area (Å²) >= 11 is 7.27. The lowest BCUT2D eigenvalue weighted by molar-refractivity contribution is -0.121. The lowest BCUT2D eigenvalue weighted by atomic mass is 10.2. The minimum absolute atomic E-state index is 0.114. The summed E-state index contributed by atoms with van der Waals surface area (Å²) in [6, 6.07) is 8.94. The Hall–Kier alpha value is -2.40. The van der Waals surface area contributed by atoms with Crippen molar-refractivity contribution in [3.05, 3.63) is 46.2 Å². The van der Waals surface area contributed by atoms with Crippen LogP contribution in [0.4, 0.5) is 0 Å². The first-order valence-corrected chi connectivity index (χ1v) is 13.3. The van der Waals surface area contributed by atoms with E-state index in [0.717, 1.165) is 10.2 Å². The fourth-order valence-corrected chi connectivity index (χ4v) is 7.07. The molecular formula is C22H22ClN3O5S2. The third-order valence-electron chi connectivity index (χ3n) is 5.78.